The number of hydrogen-bond acceptors (Lipinski definition) is 3. The smallest absolute Gasteiger partial charge is 0.329 e. The Kier molecular flexibility index (Phi) is 8.05. The molecule has 0 amide bonds. The molecule has 0 aliphatic heterocycles. The van der Waals surface area contributed by atoms with E-state index in [-0.39, 0.29) is 18.6 Å². The summed E-state index contributed by atoms with van der Waals surface area (Å²) in [5.74, 6) is -2.34. The Balaban J connectivity index is 0. The Morgan fingerprint density at radius 1 is 1.10 bits per heavy atom. The molecule has 0 aromatic carbocycles. The van der Waals surface area contributed by atoms with E-state index in [9.17, 15) is 9.59 Å². The molecule has 10 heavy (non-hydrogen) atoms. The molecule has 0 unspecified atom stereocenters. The van der Waals surface area contributed by atoms with Crippen LogP contribution in [0.15, 0.2) is 0 Å². The van der Waals surface area contributed by atoms with Gasteiger partial charge < -0.3 is 14.9 Å². The summed E-state index contributed by atoms with van der Waals surface area (Å²) < 4.78 is 4.16. The maximum Gasteiger partial charge on any atom is 0.329 e. The Labute approximate surface area is 68.9 Å². The van der Waals surface area contributed by atoms with Crippen molar-refractivity contribution in [3.8, 4) is 0 Å². The molecule has 0 aliphatic rings. The maximum atomic E-state index is 9.66. The first-order valence-corrected chi connectivity index (χ1v) is 2.14. The summed E-state index contributed by atoms with van der Waals surface area (Å²) in [7, 11) is 0. The molecular weight excluding hydrogens is 179 g/mol. The van der Waals surface area contributed by atoms with Crippen LogP contribution in [0.25, 0.3) is 0 Å². The Morgan fingerprint density at radius 3 is 1.60 bits per heavy atom. The molecule has 0 fully saturated rings. The van der Waals surface area contributed by atoms with Crippen molar-refractivity contribution in [1.29, 1.82) is 0 Å². The predicted molar refractivity (Wildman–Crippen MR) is 26.1 cm³/mol. The van der Waals surface area contributed by atoms with Crippen LogP contribution in [0.3, 0.4) is 0 Å². The van der Waals surface area contributed by atoms with Crippen molar-refractivity contribution >= 4 is 11.9 Å². The average molecular weight is 185 g/mol. The van der Waals surface area contributed by atoms with Gasteiger partial charge in [0, 0.05) is 18.6 Å². The summed E-state index contributed by atoms with van der Waals surface area (Å²) >= 11 is 0. The van der Waals surface area contributed by atoms with Gasteiger partial charge in [0.25, 0.3) is 0 Å². The number of aliphatic carboxylic acids is 2. The van der Waals surface area contributed by atoms with Crippen LogP contribution < -0.4 is 0 Å². The molecule has 0 rings (SSSR count). The van der Waals surface area contributed by atoms with Gasteiger partial charge in [-0.05, 0) is 0 Å². The van der Waals surface area contributed by atoms with Gasteiger partial charge in [-0.3, -0.25) is 0 Å². The van der Waals surface area contributed by atoms with Crippen LogP contribution in [0.4, 0.5) is 0 Å². The van der Waals surface area contributed by atoms with E-state index >= 15 is 0 Å². The minimum absolute atomic E-state index is 0. The van der Waals surface area contributed by atoms with Gasteiger partial charge in [0.2, 0.25) is 0 Å². The Hall–Kier alpha value is -0.516. The molecule has 0 bridgehead atoms. The number of carboxylic acid groups (broad SMARTS) is 2. The Bertz CT molecular complexity index is 109. The molecular formula is C4H6O5V. The quantitative estimate of drug-likeness (QED) is 0.597. The third-order valence-corrected chi connectivity index (χ3v) is 0.451. The van der Waals surface area contributed by atoms with Crippen molar-refractivity contribution in [2.45, 2.75) is 0 Å². The second-order valence-electron chi connectivity index (χ2n) is 1.28. The molecule has 0 aliphatic carbocycles. The molecule has 0 saturated carbocycles. The number of rotatable bonds is 4. The summed E-state index contributed by atoms with van der Waals surface area (Å²) in [6.07, 6.45) is 0. The maximum absolute atomic E-state index is 9.66. The van der Waals surface area contributed by atoms with E-state index in [1.54, 1.807) is 0 Å². The summed E-state index contributed by atoms with van der Waals surface area (Å²) in [5, 5.41) is 15.8. The molecule has 0 aromatic heterocycles. The van der Waals surface area contributed by atoms with E-state index in [2.05, 4.69) is 4.74 Å². The van der Waals surface area contributed by atoms with Crippen LogP contribution in [0.1, 0.15) is 0 Å². The zero-order valence-electron chi connectivity index (χ0n) is 4.98. The van der Waals surface area contributed by atoms with Crippen molar-refractivity contribution in [3.63, 3.8) is 0 Å². The van der Waals surface area contributed by atoms with Crippen LogP contribution >= 0.6 is 0 Å². The fourth-order valence-electron chi connectivity index (χ4n) is 0.226. The molecule has 0 saturated heterocycles. The zero-order chi connectivity index (χ0) is 7.28. The molecule has 6 heteroatoms. The van der Waals surface area contributed by atoms with Crippen molar-refractivity contribution in [3.05, 3.63) is 0 Å². The zero-order valence-corrected chi connectivity index (χ0v) is 6.38. The van der Waals surface area contributed by atoms with Gasteiger partial charge in [-0.1, -0.05) is 0 Å². The van der Waals surface area contributed by atoms with Crippen LogP contribution in [0, 0.1) is 0 Å². The standard InChI is InChI=1S/C4H6O5.V/c5-3(6)1-9-2-4(7)8;/h1-2H2,(H,5,6)(H,7,8);. The van der Waals surface area contributed by atoms with Gasteiger partial charge in [-0.15, -0.1) is 0 Å². The van der Waals surface area contributed by atoms with Crippen molar-refractivity contribution in [1.82, 2.24) is 0 Å². The van der Waals surface area contributed by atoms with Crippen LogP contribution in [-0.4, -0.2) is 35.4 Å². The third kappa shape index (κ3) is 10.5. The normalized spacial score (nSPS) is 8.00. The molecule has 5 nitrogen and oxygen atoms in total. The molecule has 0 spiro atoms. The molecule has 0 heterocycles. The SMILES string of the molecule is O=C(O)COCC(=O)O.[V]. The monoisotopic (exact) mass is 185 g/mol. The van der Waals surface area contributed by atoms with Crippen molar-refractivity contribution in [2.75, 3.05) is 13.2 Å². The van der Waals surface area contributed by atoms with E-state index in [1.165, 1.54) is 0 Å². The molecule has 1 radical (unpaired) electrons. The topological polar surface area (TPSA) is 83.8 Å². The average Bonchev–Trinajstić information content (AvgIpc) is 1.63. The summed E-state index contributed by atoms with van der Waals surface area (Å²) in [6, 6.07) is 0. The summed E-state index contributed by atoms with van der Waals surface area (Å²) in [6.45, 7) is -1.13. The van der Waals surface area contributed by atoms with Crippen LogP contribution in [-0.2, 0) is 32.9 Å². The largest absolute Gasteiger partial charge is 0.480 e. The number of carboxylic acids is 2. The van der Waals surface area contributed by atoms with Gasteiger partial charge in [-0.2, -0.15) is 0 Å². The van der Waals surface area contributed by atoms with E-state index < -0.39 is 25.2 Å². The second kappa shape index (κ2) is 6.60. The number of hydrogen-bond donors (Lipinski definition) is 2. The van der Waals surface area contributed by atoms with Crippen LogP contribution in [0.5, 0.6) is 0 Å². The van der Waals surface area contributed by atoms with Crippen molar-refractivity contribution in [2.24, 2.45) is 0 Å². The van der Waals surface area contributed by atoms with Crippen LogP contribution in [0.2, 0.25) is 0 Å². The minimum Gasteiger partial charge on any atom is -0.480 e. The number of carbonyl (C=O) groups is 2. The molecule has 0 aromatic rings. The first-order chi connectivity index (χ1) is 4.13. The first kappa shape index (κ1) is 12.2. The fraction of sp³-hybridized carbons (Fsp3) is 0.500. The van der Waals surface area contributed by atoms with Gasteiger partial charge in [0.1, 0.15) is 13.2 Å². The van der Waals surface area contributed by atoms with Gasteiger partial charge in [0.15, 0.2) is 0 Å². The molecule has 0 atom stereocenters. The predicted octanol–water partition coefficient (Wildman–Crippen LogP) is -0.830. The molecule has 2 N–H and O–H groups in total. The summed E-state index contributed by atoms with van der Waals surface area (Å²) in [5.41, 5.74) is 0. The summed E-state index contributed by atoms with van der Waals surface area (Å²) in [4.78, 5) is 19.3. The van der Waals surface area contributed by atoms with Gasteiger partial charge >= 0.3 is 11.9 Å². The van der Waals surface area contributed by atoms with E-state index in [4.69, 9.17) is 10.2 Å². The second-order valence-corrected chi connectivity index (χ2v) is 1.28. The van der Waals surface area contributed by atoms with Gasteiger partial charge in [0.05, 0.1) is 0 Å². The van der Waals surface area contributed by atoms with E-state index in [1.807, 2.05) is 0 Å². The number of ether oxygens (including phenoxy) is 1. The minimum atomic E-state index is -1.17. The first-order valence-electron chi connectivity index (χ1n) is 2.14. The van der Waals surface area contributed by atoms with E-state index in [0.29, 0.717) is 0 Å². The van der Waals surface area contributed by atoms with Gasteiger partial charge in [-0.25, -0.2) is 9.59 Å². The fourth-order valence-corrected chi connectivity index (χ4v) is 0.226. The van der Waals surface area contributed by atoms with Crippen molar-refractivity contribution < 1.29 is 43.1 Å². The molecule has 57 valence electrons. The Morgan fingerprint density at radius 2 is 1.40 bits per heavy atom. The van der Waals surface area contributed by atoms with E-state index in [0.717, 1.165) is 0 Å². The third-order valence-electron chi connectivity index (χ3n) is 0.451.